The fraction of sp³-hybridized carbons (Fsp3) is 0.933. The molecule has 0 aromatic rings. The fourth-order valence-corrected chi connectivity index (χ4v) is 2.79. The van der Waals surface area contributed by atoms with Gasteiger partial charge in [-0.15, -0.1) is 0 Å². The van der Waals surface area contributed by atoms with Crippen LogP contribution in [0.3, 0.4) is 0 Å². The maximum Gasteiger partial charge on any atom is 0.103 e. The van der Waals surface area contributed by atoms with Gasteiger partial charge in [0.1, 0.15) is 5.54 Å². The van der Waals surface area contributed by atoms with Crippen LogP contribution in [0.4, 0.5) is 0 Å². The summed E-state index contributed by atoms with van der Waals surface area (Å²) < 4.78 is 0. The van der Waals surface area contributed by atoms with Crippen molar-refractivity contribution in [3.05, 3.63) is 0 Å². The lowest BCUT2D eigenvalue weighted by molar-refractivity contribution is 0.233. The Bertz CT molecular complexity index is 265. The summed E-state index contributed by atoms with van der Waals surface area (Å²) in [5.74, 6) is 0. The highest BCUT2D eigenvalue weighted by atomic mass is 15.1. The second-order valence-electron chi connectivity index (χ2n) is 5.89. The van der Waals surface area contributed by atoms with Gasteiger partial charge < -0.3 is 4.90 Å². The zero-order valence-electron chi connectivity index (χ0n) is 12.3. The Kier molecular flexibility index (Phi) is 6.67. The van der Waals surface area contributed by atoms with Crippen molar-refractivity contribution < 1.29 is 0 Å². The Morgan fingerprint density at radius 1 is 1.39 bits per heavy atom. The van der Waals surface area contributed by atoms with E-state index in [1.54, 1.807) is 0 Å². The molecule has 0 aromatic heterocycles. The van der Waals surface area contributed by atoms with Gasteiger partial charge >= 0.3 is 0 Å². The average molecular weight is 251 g/mol. The van der Waals surface area contributed by atoms with Gasteiger partial charge in [-0.25, -0.2) is 0 Å². The monoisotopic (exact) mass is 251 g/mol. The minimum atomic E-state index is -0.341. The van der Waals surface area contributed by atoms with Crippen molar-refractivity contribution in [3.8, 4) is 6.07 Å². The lowest BCUT2D eigenvalue weighted by Gasteiger charge is -2.27. The first-order valence-corrected chi connectivity index (χ1v) is 7.48. The van der Waals surface area contributed by atoms with E-state index in [2.05, 4.69) is 30.3 Å². The molecule has 18 heavy (non-hydrogen) atoms. The molecule has 1 N–H and O–H groups in total. The van der Waals surface area contributed by atoms with E-state index < -0.39 is 0 Å². The predicted octanol–water partition coefficient (Wildman–Crippen LogP) is 2.92. The van der Waals surface area contributed by atoms with Crippen molar-refractivity contribution in [2.75, 3.05) is 20.1 Å². The summed E-state index contributed by atoms with van der Waals surface area (Å²) in [5, 5.41) is 12.6. The molecule has 0 heterocycles. The number of nitrogens with one attached hydrogen (secondary N) is 1. The second-order valence-corrected chi connectivity index (χ2v) is 5.89. The highest BCUT2D eigenvalue weighted by molar-refractivity contribution is 5.03. The van der Waals surface area contributed by atoms with Crippen LogP contribution < -0.4 is 5.32 Å². The molecule has 1 aliphatic rings. The molecule has 1 aliphatic carbocycles. The van der Waals surface area contributed by atoms with Gasteiger partial charge in [0.05, 0.1) is 6.07 Å². The van der Waals surface area contributed by atoms with Crippen LogP contribution in [0, 0.1) is 11.3 Å². The smallest absolute Gasteiger partial charge is 0.103 e. The summed E-state index contributed by atoms with van der Waals surface area (Å²) in [6.07, 6.45) is 8.64. The molecule has 1 rings (SSSR count). The molecule has 0 amide bonds. The quantitative estimate of drug-likeness (QED) is 0.721. The molecule has 0 spiro atoms. The first-order valence-electron chi connectivity index (χ1n) is 7.48. The number of hydrogen-bond donors (Lipinski definition) is 1. The molecule has 0 saturated heterocycles. The van der Waals surface area contributed by atoms with Gasteiger partial charge in [-0.1, -0.05) is 19.8 Å². The van der Waals surface area contributed by atoms with Crippen LogP contribution in [0.25, 0.3) is 0 Å². The molecule has 0 radical (unpaired) electrons. The Hall–Kier alpha value is -0.590. The van der Waals surface area contributed by atoms with Crippen molar-refractivity contribution in [2.45, 2.75) is 70.4 Å². The molecule has 0 bridgehead atoms. The highest BCUT2D eigenvalue weighted by Crippen LogP contribution is 2.23. The molecule has 104 valence electrons. The first kappa shape index (κ1) is 15.5. The van der Waals surface area contributed by atoms with E-state index in [9.17, 15) is 5.26 Å². The molecular formula is C15H29N3. The second kappa shape index (κ2) is 7.76. The predicted molar refractivity (Wildman–Crippen MR) is 76.4 cm³/mol. The molecule has 1 saturated carbocycles. The molecule has 1 unspecified atom stereocenters. The fourth-order valence-electron chi connectivity index (χ4n) is 2.79. The van der Waals surface area contributed by atoms with Crippen LogP contribution in [0.5, 0.6) is 0 Å². The van der Waals surface area contributed by atoms with Crippen LogP contribution in [-0.4, -0.2) is 36.6 Å². The van der Waals surface area contributed by atoms with Crippen molar-refractivity contribution in [3.63, 3.8) is 0 Å². The van der Waals surface area contributed by atoms with E-state index in [1.165, 1.54) is 25.7 Å². The van der Waals surface area contributed by atoms with Gasteiger partial charge in [-0.05, 0) is 59.2 Å². The van der Waals surface area contributed by atoms with Gasteiger partial charge in [-0.3, -0.25) is 5.32 Å². The Morgan fingerprint density at radius 2 is 2.06 bits per heavy atom. The third-order valence-electron chi connectivity index (χ3n) is 4.15. The highest BCUT2D eigenvalue weighted by Gasteiger charge is 2.23. The average Bonchev–Trinajstić information content (AvgIpc) is 2.90. The summed E-state index contributed by atoms with van der Waals surface area (Å²) >= 11 is 0. The van der Waals surface area contributed by atoms with E-state index in [1.807, 2.05) is 6.92 Å². The summed E-state index contributed by atoms with van der Waals surface area (Å²) in [6.45, 7) is 6.22. The third-order valence-corrected chi connectivity index (χ3v) is 4.15. The molecule has 1 fully saturated rings. The molecular weight excluding hydrogens is 222 g/mol. The topological polar surface area (TPSA) is 39.1 Å². The number of nitrogens with zero attached hydrogens (tertiary/aromatic N) is 2. The minimum absolute atomic E-state index is 0.341. The molecule has 3 nitrogen and oxygen atoms in total. The van der Waals surface area contributed by atoms with E-state index in [0.717, 1.165) is 38.4 Å². The Labute approximate surface area is 113 Å². The molecule has 1 atom stereocenters. The van der Waals surface area contributed by atoms with E-state index >= 15 is 0 Å². The number of rotatable bonds is 8. The standard InChI is InChI=1S/C15H29N3/c1-4-11-17-15(2,13-16)10-7-12-18(3)14-8-5-6-9-14/h14,17H,4-12H2,1-3H3. The lowest BCUT2D eigenvalue weighted by Crippen LogP contribution is -2.42. The molecule has 0 aromatic carbocycles. The zero-order valence-corrected chi connectivity index (χ0v) is 12.3. The number of hydrogen-bond acceptors (Lipinski definition) is 3. The summed E-state index contributed by atoms with van der Waals surface area (Å²) in [7, 11) is 2.24. The van der Waals surface area contributed by atoms with Crippen LogP contribution in [0.1, 0.15) is 58.8 Å². The van der Waals surface area contributed by atoms with Gasteiger partial charge in [0.25, 0.3) is 0 Å². The van der Waals surface area contributed by atoms with E-state index in [-0.39, 0.29) is 5.54 Å². The summed E-state index contributed by atoms with van der Waals surface area (Å²) in [6, 6.07) is 3.22. The van der Waals surface area contributed by atoms with Crippen LogP contribution in [0.2, 0.25) is 0 Å². The third kappa shape index (κ3) is 4.96. The largest absolute Gasteiger partial charge is 0.303 e. The maximum absolute atomic E-state index is 9.26. The zero-order chi connectivity index (χ0) is 13.4. The summed E-state index contributed by atoms with van der Waals surface area (Å²) in [5.41, 5.74) is -0.341. The normalized spacial score (nSPS) is 19.9. The van der Waals surface area contributed by atoms with E-state index in [4.69, 9.17) is 0 Å². The summed E-state index contributed by atoms with van der Waals surface area (Å²) in [4.78, 5) is 2.49. The van der Waals surface area contributed by atoms with Crippen molar-refractivity contribution in [1.82, 2.24) is 10.2 Å². The molecule has 3 heteroatoms. The maximum atomic E-state index is 9.26. The number of nitriles is 1. The Morgan fingerprint density at radius 3 is 2.61 bits per heavy atom. The SMILES string of the molecule is CCCNC(C)(C#N)CCCN(C)C1CCCC1. The lowest BCUT2D eigenvalue weighted by atomic mass is 9.97. The van der Waals surface area contributed by atoms with Gasteiger partial charge in [-0.2, -0.15) is 5.26 Å². The Balaban J connectivity index is 2.24. The van der Waals surface area contributed by atoms with Crippen LogP contribution in [-0.2, 0) is 0 Å². The van der Waals surface area contributed by atoms with Crippen molar-refractivity contribution in [2.24, 2.45) is 0 Å². The minimum Gasteiger partial charge on any atom is -0.303 e. The van der Waals surface area contributed by atoms with Crippen LogP contribution in [0.15, 0.2) is 0 Å². The van der Waals surface area contributed by atoms with Gasteiger partial charge in [0, 0.05) is 6.04 Å². The van der Waals surface area contributed by atoms with Gasteiger partial charge in [0.15, 0.2) is 0 Å². The first-order chi connectivity index (χ1) is 8.61. The molecule has 0 aliphatic heterocycles. The van der Waals surface area contributed by atoms with Gasteiger partial charge in [0.2, 0.25) is 0 Å². The van der Waals surface area contributed by atoms with Crippen molar-refractivity contribution in [1.29, 1.82) is 5.26 Å². The van der Waals surface area contributed by atoms with E-state index in [0.29, 0.717) is 0 Å². The van der Waals surface area contributed by atoms with Crippen LogP contribution >= 0.6 is 0 Å². The van der Waals surface area contributed by atoms with Crippen molar-refractivity contribution >= 4 is 0 Å².